The van der Waals surface area contributed by atoms with Crippen molar-refractivity contribution in [1.82, 2.24) is 9.88 Å². The molecule has 0 aliphatic carbocycles. The Balaban J connectivity index is 1.63. The maximum atomic E-state index is 12.7. The Kier molecular flexibility index (Phi) is 7.19. The molecule has 168 valence electrons. The Labute approximate surface area is 186 Å². The highest BCUT2D eigenvalue weighted by Crippen LogP contribution is 2.45. The van der Waals surface area contributed by atoms with Crippen molar-refractivity contribution in [2.24, 2.45) is 10.9 Å². The molecule has 0 spiro atoms. The summed E-state index contributed by atoms with van der Waals surface area (Å²) in [6.07, 6.45) is 11.4. The molecule has 2 bridgehead atoms. The van der Waals surface area contributed by atoms with Crippen LogP contribution >= 0.6 is 0 Å². The average Bonchev–Trinajstić information content (AvgIpc) is 3.30. The normalized spacial score (nSPS) is 24.2. The molecule has 0 aromatic carbocycles. The molecule has 2 aliphatic heterocycles. The smallest absolute Gasteiger partial charge is 0.410 e. The molecule has 2 aliphatic rings. The SMILES string of the molecule is C\C=C(/C=N\C=C(/C)C1CC2CCC1N2C(=O)OC(C)(C)C)Cc1ccnc(OC)c1. The first kappa shape index (κ1) is 23.0. The Morgan fingerprint density at radius 3 is 2.81 bits per heavy atom. The van der Waals surface area contributed by atoms with E-state index >= 15 is 0 Å². The Morgan fingerprint density at radius 1 is 1.35 bits per heavy atom. The lowest BCUT2D eigenvalue weighted by Crippen LogP contribution is -2.40. The zero-order chi connectivity index (χ0) is 22.6. The summed E-state index contributed by atoms with van der Waals surface area (Å²) in [6.45, 7) is 9.90. The zero-order valence-corrected chi connectivity index (χ0v) is 19.6. The van der Waals surface area contributed by atoms with Crippen molar-refractivity contribution in [3.8, 4) is 5.88 Å². The molecule has 3 heterocycles. The van der Waals surface area contributed by atoms with E-state index in [2.05, 4.69) is 23.0 Å². The molecule has 0 radical (unpaired) electrons. The first-order valence-electron chi connectivity index (χ1n) is 11.1. The number of pyridine rings is 1. The van der Waals surface area contributed by atoms with Crippen LogP contribution in [0.3, 0.4) is 0 Å². The Hall–Kier alpha value is -2.63. The van der Waals surface area contributed by atoms with Gasteiger partial charge in [-0.25, -0.2) is 9.78 Å². The molecule has 1 aromatic rings. The molecule has 2 saturated heterocycles. The summed E-state index contributed by atoms with van der Waals surface area (Å²) in [7, 11) is 1.62. The highest BCUT2D eigenvalue weighted by molar-refractivity contribution is 5.79. The predicted octanol–water partition coefficient (Wildman–Crippen LogP) is 5.34. The van der Waals surface area contributed by atoms with E-state index in [0.717, 1.165) is 36.8 Å². The van der Waals surface area contributed by atoms with Crippen LogP contribution in [0.25, 0.3) is 0 Å². The minimum Gasteiger partial charge on any atom is -0.481 e. The fourth-order valence-electron chi connectivity index (χ4n) is 4.55. The van der Waals surface area contributed by atoms with E-state index in [1.165, 1.54) is 5.57 Å². The Morgan fingerprint density at radius 2 is 2.13 bits per heavy atom. The van der Waals surface area contributed by atoms with Gasteiger partial charge in [-0.1, -0.05) is 6.08 Å². The van der Waals surface area contributed by atoms with Gasteiger partial charge >= 0.3 is 6.09 Å². The number of rotatable bonds is 6. The van der Waals surface area contributed by atoms with Gasteiger partial charge in [0.2, 0.25) is 5.88 Å². The number of carbonyl (C=O) groups is 1. The van der Waals surface area contributed by atoms with E-state index in [9.17, 15) is 4.79 Å². The van der Waals surface area contributed by atoms with E-state index in [-0.39, 0.29) is 18.2 Å². The summed E-state index contributed by atoms with van der Waals surface area (Å²) in [4.78, 5) is 23.4. The number of methoxy groups -OCH3 is 1. The van der Waals surface area contributed by atoms with Crippen molar-refractivity contribution in [2.45, 2.75) is 78.0 Å². The molecule has 6 nitrogen and oxygen atoms in total. The fraction of sp³-hybridized carbons (Fsp3) is 0.560. The molecular weight excluding hydrogens is 390 g/mol. The molecule has 2 fully saturated rings. The van der Waals surface area contributed by atoms with E-state index in [1.54, 1.807) is 13.3 Å². The highest BCUT2D eigenvalue weighted by atomic mass is 16.6. The average molecular weight is 426 g/mol. The van der Waals surface area contributed by atoms with Crippen LogP contribution < -0.4 is 4.74 Å². The van der Waals surface area contributed by atoms with Crippen molar-refractivity contribution in [3.05, 3.63) is 47.3 Å². The fourth-order valence-corrected chi connectivity index (χ4v) is 4.55. The number of hydrogen-bond acceptors (Lipinski definition) is 5. The molecule has 3 rings (SSSR count). The third kappa shape index (κ3) is 5.75. The lowest BCUT2D eigenvalue weighted by molar-refractivity contribution is 0.0209. The second kappa shape index (κ2) is 9.67. The highest BCUT2D eigenvalue weighted by Gasteiger charge is 2.50. The first-order valence-corrected chi connectivity index (χ1v) is 11.1. The summed E-state index contributed by atoms with van der Waals surface area (Å²) >= 11 is 0. The van der Waals surface area contributed by atoms with Gasteiger partial charge in [0.05, 0.1) is 7.11 Å². The van der Waals surface area contributed by atoms with Gasteiger partial charge in [-0.15, -0.1) is 0 Å². The van der Waals surface area contributed by atoms with Crippen molar-refractivity contribution < 1.29 is 14.3 Å². The van der Waals surface area contributed by atoms with Gasteiger partial charge in [0.25, 0.3) is 0 Å². The van der Waals surface area contributed by atoms with Gasteiger partial charge in [0.1, 0.15) is 5.60 Å². The second-order valence-corrected chi connectivity index (χ2v) is 9.43. The Bertz CT molecular complexity index is 882. The van der Waals surface area contributed by atoms with Crippen LogP contribution in [0.15, 0.2) is 46.7 Å². The van der Waals surface area contributed by atoms with Crippen LogP contribution in [0.2, 0.25) is 0 Å². The summed E-state index contributed by atoms with van der Waals surface area (Å²) in [5, 5.41) is 0. The number of allylic oxidation sites excluding steroid dienone is 2. The molecule has 3 unspecified atom stereocenters. The molecule has 6 heteroatoms. The number of ether oxygens (including phenoxy) is 2. The molecule has 31 heavy (non-hydrogen) atoms. The van der Waals surface area contributed by atoms with Crippen LogP contribution in [0.4, 0.5) is 4.79 Å². The van der Waals surface area contributed by atoms with E-state index < -0.39 is 5.60 Å². The van der Waals surface area contributed by atoms with Gasteiger partial charge in [0.15, 0.2) is 0 Å². The summed E-state index contributed by atoms with van der Waals surface area (Å²) < 4.78 is 10.9. The number of aromatic nitrogens is 1. The van der Waals surface area contributed by atoms with E-state index in [1.807, 2.05) is 57.1 Å². The molecular formula is C25H35N3O3. The zero-order valence-electron chi connectivity index (χ0n) is 19.6. The number of carbonyl (C=O) groups excluding carboxylic acids is 1. The molecule has 1 amide bonds. The van der Waals surface area contributed by atoms with Crippen LogP contribution in [-0.2, 0) is 11.2 Å². The van der Waals surface area contributed by atoms with Crippen LogP contribution in [0, 0.1) is 5.92 Å². The maximum absolute atomic E-state index is 12.7. The third-order valence-corrected chi connectivity index (χ3v) is 6.03. The lowest BCUT2D eigenvalue weighted by Gasteiger charge is -2.28. The quantitative estimate of drug-likeness (QED) is 0.577. The first-order chi connectivity index (χ1) is 14.7. The predicted molar refractivity (Wildman–Crippen MR) is 123 cm³/mol. The topological polar surface area (TPSA) is 64.0 Å². The third-order valence-electron chi connectivity index (χ3n) is 6.03. The molecule has 3 atom stereocenters. The van der Waals surface area contributed by atoms with Gasteiger partial charge in [-0.3, -0.25) is 4.99 Å². The minimum absolute atomic E-state index is 0.178. The van der Waals surface area contributed by atoms with Crippen molar-refractivity contribution >= 4 is 12.3 Å². The largest absolute Gasteiger partial charge is 0.481 e. The number of amides is 1. The van der Waals surface area contributed by atoms with Crippen molar-refractivity contribution in [3.63, 3.8) is 0 Å². The van der Waals surface area contributed by atoms with Gasteiger partial charge < -0.3 is 14.4 Å². The number of fused-ring (bicyclic) bond motifs is 2. The molecule has 0 N–H and O–H groups in total. The van der Waals surface area contributed by atoms with Gasteiger partial charge in [0, 0.05) is 42.7 Å². The number of nitrogens with zero attached hydrogens (tertiary/aromatic N) is 3. The second-order valence-electron chi connectivity index (χ2n) is 9.43. The van der Waals surface area contributed by atoms with Gasteiger partial charge in [-0.05, 0) is 83.1 Å². The molecule has 0 saturated carbocycles. The van der Waals surface area contributed by atoms with Crippen molar-refractivity contribution in [2.75, 3.05) is 7.11 Å². The summed E-state index contributed by atoms with van der Waals surface area (Å²) in [5.41, 5.74) is 3.01. The van der Waals surface area contributed by atoms with E-state index in [0.29, 0.717) is 11.8 Å². The molecule has 1 aromatic heterocycles. The standard InChI is InChI=1S/C25H35N3O3/c1-7-18(12-19-10-11-27-23(13-19)30-6)16-26-15-17(2)21-14-20-8-9-22(21)28(20)24(29)31-25(3,4)5/h7,10-11,13,15-16,20-22H,8-9,12,14H2,1-6H3/b17-15+,18-7-,26-16-. The maximum Gasteiger partial charge on any atom is 0.410 e. The number of aliphatic imine (C=N–C) groups is 1. The minimum atomic E-state index is -0.467. The van der Waals surface area contributed by atoms with Crippen LogP contribution in [-0.4, -0.2) is 47.0 Å². The van der Waals surface area contributed by atoms with Crippen molar-refractivity contribution in [1.29, 1.82) is 0 Å². The summed E-state index contributed by atoms with van der Waals surface area (Å²) in [5.74, 6) is 0.966. The lowest BCUT2D eigenvalue weighted by atomic mass is 9.84. The van der Waals surface area contributed by atoms with Gasteiger partial charge in [-0.2, -0.15) is 0 Å². The summed E-state index contributed by atoms with van der Waals surface area (Å²) in [6, 6.07) is 4.43. The van der Waals surface area contributed by atoms with E-state index in [4.69, 9.17) is 9.47 Å². The number of hydrogen-bond donors (Lipinski definition) is 0. The van der Waals surface area contributed by atoms with Crippen LogP contribution in [0.5, 0.6) is 5.88 Å². The van der Waals surface area contributed by atoms with Crippen LogP contribution in [0.1, 0.15) is 59.4 Å². The monoisotopic (exact) mass is 425 g/mol.